The van der Waals surface area contributed by atoms with Crippen molar-refractivity contribution in [2.24, 2.45) is 5.92 Å². The minimum absolute atomic E-state index is 0.213. The van der Waals surface area contributed by atoms with Gasteiger partial charge in [0.15, 0.2) is 5.11 Å². The Kier molecular flexibility index (Phi) is 8.01. The Morgan fingerprint density at radius 2 is 1.65 bits per heavy atom. The van der Waals surface area contributed by atoms with Crippen LogP contribution in [-0.2, 0) is 6.61 Å². The summed E-state index contributed by atoms with van der Waals surface area (Å²) in [7, 11) is 0. The van der Waals surface area contributed by atoms with E-state index < -0.39 is 0 Å². The van der Waals surface area contributed by atoms with Crippen LogP contribution in [-0.4, -0.2) is 17.6 Å². The average molecular weight is 435 g/mol. The molecule has 0 aliphatic heterocycles. The third-order valence-electron chi connectivity index (χ3n) is 4.27. The first-order chi connectivity index (χ1) is 15.0. The topological polar surface area (TPSA) is 59.6 Å². The SMILES string of the molecule is CC(C)COc1ccc(C(=O)NC(=S)Nc2cccc(OCc3ccccc3)c2)cc1. The van der Waals surface area contributed by atoms with Crippen molar-refractivity contribution >= 4 is 28.9 Å². The van der Waals surface area contributed by atoms with E-state index in [4.69, 9.17) is 21.7 Å². The van der Waals surface area contributed by atoms with E-state index in [1.807, 2.05) is 54.6 Å². The third kappa shape index (κ3) is 7.42. The van der Waals surface area contributed by atoms with Gasteiger partial charge in [-0.15, -0.1) is 0 Å². The fourth-order valence-electron chi connectivity index (χ4n) is 2.71. The van der Waals surface area contributed by atoms with Crippen molar-refractivity contribution < 1.29 is 14.3 Å². The van der Waals surface area contributed by atoms with Crippen molar-refractivity contribution in [3.63, 3.8) is 0 Å². The van der Waals surface area contributed by atoms with E-state index in [1.54, 1.807) is 24.3 Å². The molecule has 0 radical (unpaired) electrons. The minimum atomic E-state index is -0.288. The molecule has 0 unspecified atom stereocenters. The minimum Gasteiger partial charge on any atom is -0.493 e. The quantitative estimate of drug-likeness (QED) is 0.463. The van der Waals surface area contributed by atoms with Crippen LogP contribution in [0, 0.1) is 5.92 Å². The first-order valence-electron chi connectivity index (χ1n) is 10.1. The van der Waals surface area contributed by atoms with E-state index in [1.165, 1.54) is 0 Å². The van der Waals surface area contributed by atoms with Gasteiger partial charge in [0.25, 0.3) is 5.91 Å². The molecule has 3 aromatic carbocycles. The number of thiocarbonyl (C=S) groups is 1. The highest BCUT2D eigenvalue weighted by molar-refractivity contribution is 7.80. The highest BCUT2D eigenvalue weighted by atomic mass is 32.1. The zero-order chi connectivity index (χ0) is 22.1. The lowest BCUT2D eigenvalue weighted by Crippen LogP contribution is -2.34. The van der Waals surface area contributed by atoms with Crippen LogP contribution in [0.2, 0.25) is 0 Å². The summed E-state index contributed by atoms with van der Waals surface area (Å²) in [4.78, 5) is 12.4. The first kappa shape index (κ1) is 22.3. The number of nitrogens with one attached hydrogen (secondary N) is 2. The van der Waals surface area contributed by atoms with Crippen LogP contribution >= 0.6 is 12.2 Å². The first-order valence-corrected chi connectivity index (χ1v) is 10.5. The van der Waals surface area contributed by atoms with E-state index >= 15 is 0 Å². The molecule has 3 aromatic rings. The van der Waals surface area contributed by atoms with Crippen LogP contribution in [0.25, 0.3) is 0 Å². The van der Waals surface area contributed by atoms with Crippen molar-refractivity contribution in [3.8, 4) is 11.5 Å². The molecule has 0 saturated carbocycles. The molecule has 0 spiro atoms. The fourth-order valence-corrected chi connectivity index (χ4v) is 2.92. The van der Waals surface area contributed by atoms with Gasteiger partial charge in [0, 0.05) is 17.3 Å². The molecule has 3 rings (SSSR count). The maximum atomic E-state index is 12.4. The molecule has 0 atom stereocenters. The van der Waals surface area contributed by atoms with Gasteiger partial charge in [-0.05, 0) is 60.1 Å². The molecular formula is C25H26N2O3S. The Bertz CT molecular complexity index is 1000. The molecule has 6 heteroatoms. The number of anilines is 1. The molecule has 0 heterocycles. The Balaban J connectivity index is 1.51. The summed E-state index contributed by atoms with van der Waals surface area (Å²) in [6, 6.07) is 24.4. The molecule has 5 nitrogen and oxygen atoms in total. The van der Waals surface area contributed by atoms with E-state index in [0.717, 1.165) is 17.0 Å². The number of benzene rings is 3. The molecule has 1 amide bonds. The van der Waals surface area contributed by atoms with Gasteiger partial charge >= 0.3 is 0 Å². The second kappa shape index (κ2) is 11.1. The molecule has 2 N–H and O–H groups in total. The summed E-state index contributed by atoms with van der Waals surface area (Å²) < 4.78 is 11.5. The molecular weight excluding hydrogens is 408 g/mol. The summed E-state index contributed by atoms with van der Waals surface area (Å²) in [5.41, 5.74) is 2.32. The van der Waals surface area contributed by atoms with E-state index in [0.29, 0.717) is 30.4 Å². The predicted octanol–water partition coefficient (Wildman–Crippen LogP) is 5.43. The van der Waals surface area contributed by atoms with Crippen LogP contribution < -0.4 is 20.1 Å². The maximum Gasteiger partial charge on any atom is 0.257 e. The summed E-state index contributed by atoms with van der Waals surface area (Å²) in [5.74, 6) is 1.59. The Morgan fingerprint density at radius 3 is 2.35 bits per heavy atom. The Morgan fingerprint density at radius 1 is 0.903 bits per heavy atom. The normalized spacial score (nSPS) is 10.4. The lowest BCUT2D eigenvalue weighted by molar-refractivity contribution is 0.0977. The summed E-state index contributed by atoms with van der Waals surface area (Å²) in [5, 5.41) is 5.92. The third-order valence-corrected chi connectivity index (χ3v) is 4.47. The zero-order valence-electron chi connectivity index (χ0n) is 17.6. The molecule has 0 saturated heterocycles. The number of carbonyl (C=O) groups excluding carboxylic acids is 1. The molecule has 31 heavy (non-hydrogen) atoms. The number of rotatable bonds is 8. The van der Waals surface area contributed by atoms with Crippen molar-refractivity contribution in [2.75, 3.05) is 11.9 Å². The lowest BCUT2D eigenvalue weighted by Gasteiger charge is -2.12. The monoisotopic (exact) mass is 434 g/mol. The van der Waals surface area contributed by atoms with Gasteiger partial charge in [-0.1, -0.05) is 50.2 Å². The number of amides is 1. The van der Waals surface area contributed by atoms with Gasteiger partial charge < -0.3 is 14.8 Å². The number of ether oxygens (including phenoxy) is 2. The fraction of sp³-hybridized carbons (Fsp3) is 0.200. The van der Waals surface area contributed by atoms with Crippen molar-refractivity contribution in [1.82, 2.24) is 5.32 Å². The highest BCUT2D eigenvalue weighted by Crippen LogP contribution is 2.19. The van der Waals surface area contributed by atoms with E-state index in [9.17, 15) is 4.79 Å². The van der Waals surface area contributed by atoms with E-state index in [-0.39, 0.29) is 11.0 Å². The van der Waals surface area contributed by atoms with Gasteiger partial charge in [0.05, 0.1) is 6.61 Å². The van der Waals surface area contributed by atoms with Crippen LogP contribution in [0.15, 0.2) is 78.9 Å². The van der Waals surface area contributed by atoms with Crippen LogP contribution in [0.5, 0.6) is 11.5 Å². The van der Waals surface area contributed by atoms with Crippen LogP contribution in [0.3, 0.4) is 0 Å². The van der Waals surface area contributed by atoms with Crippen LogP contribution in [0.4, 0.5) is 5.69 Å². The van der Waals surface area contributed by atoms with Gasteiger partial charge in [-0.3, -0.25) is 10.1 Å². The lowest BCUT2D eigenvalue weighted by atomic mass is 10.2. The second-order valence-electron chi connectivity index (χ2n) is 7.44. The van der Waals surface area contributed by atoms with Crippen molar-refractivity contribution in [1.29, 1.82) is 0 Å². The number of hydrogen-bond acceptors (Lipinski definition) is 4. The molecule has 0 aliphatic carbocycles. The molecule has 160 valence electrons. The average Bonchev–Trinajstić information content (AvgIpc) is 2.77. The van der Waals surface area contributed by atoms with Gasteiger partial charge in [-0.25, -0.2) is 0 Å². The molecule has 0 aliphatic rings. The Labute approximate surface area is 188 Å². The zero-order valence-corrected chi connectivity index (χ0v) is 18.4. The van der Waals surface area contributed by atoms with Crippen molar-refractivity contribution in [2.45, 2.75) is 20.5 Å². The Hall–Kier alpha value is -3.38. The predicted molar refractivity (Wildman–Crippen MR) is 128 cm³/mol. The summed E-state index contributed by atoms with van der Waals surface area (Å²) in [6.07, 6.45) is 0. The summed E-state index contributed by atoms with van der Waals surface area (Å²) >= 11 is 5.28. The van der Waals surface area contributed by atoms with Gasteiger partial charge in [0.1, 0.15) is 18.1 Å². The molecule has 0 aromatic heterocycles. The smallest absolute Gasteiger partial charge is 0.257 e. The number of hydrogen-bond donors (Lipinski definition) is 2. The molecule has 0 fully saturated rings. The summed E-state index contributed by atoms with van der Waals surface area (Å²) in [6.45, 7) is 5.28. The molecule has 0 bridgehead atoms. The van der Waals surface area contributed by atoms with Gasteiger partial charge in [-0.2, -0.15) is 0 Å². The second-order valence-corrected chi connectivity index (χ2v) is 7.85. The number of carbonyl (C=O) groups is 1. The maximum absolute atomic E-state index is 12.4. The van der Waals surface area contributed by atoms with Gasteiger partial charge in [0.2, 0.25) is 0 Å². The van der Waals surface area contributed by atoms with Crippen molar-refractivity contribution in [3.05, 3.63) is 90.0 Å². The van der Waals surface area contributed by atoms with E-state index in [2.05, 4.69) is 24.5 Å². The van der Waals surface area contributed by atoms with Crippen LogP contribution in [0.1, 0.15) is 29.8 Å². The largest absolute Gasteiger partial charge is 0.493 e. The standard InChI is InChI=1S/C25H26N2O3S/c1-18(2)16-29-22-13-11-20(12-14-22)24(28)27-25(31)26-21-9-6-10-23(15-21)30-17-19-7-4-3-5-8-19/h3-15,18H,16-17H2,1-2H3,(H2,26,27,28,31). The highest BCUT2D eigenvalue weighted by Gasteiger charge is 2.09.